The Morgan fingerprint density at radius 3 is 2.75 bits per heavy atom. The first-order valence-corrected chi connectivity index (χ1v) is 5.59. The maximum absolute atomic E-state index is 13.8. The third-order valence-electron chi connectivity index (χ3n) is 2.56. The van der Waals surface area contributed by atoms with Gasteiger partial charge in [-0.05, 0) is 19.1 Å². The molecule has 2 rings (SSSR count). The second-order valence-electron chi connectivity index (χ2n) is 3.82. The van der Waals surface area contributed by atoms with E-state index in [0.29, 0.717) is 0 Å². The number of benzene rings is 1. The molecule has 1 aromatic heterocycles. The topological polar surface area (TPSA) is 81.5 Å². The van der Waals surface area contributed by atoms with Gasteiger partial charge < -0.3 is 14.6 Å². The molecule has 104 valence electrons. The molecule has 0 saturated carbocycles. The van der Waals surface area contributed by atoms with Crippen LogP contribution in [0.1, 0.15) is 16.1 Å². The quantitative estimate of drug-likeness (QED) is 0.924. The fraction of sp³-hybridized carbons (Fsp3) is 0.154. The molecule has 2 aromatic rings. The van der Waals surface area contributed by atoms with Crippen LogP contribution in [0.25, 0.3) is 0 Å². The first kappa shape index (κ1) is 13.7. The molecule has 0 bridgehead atoms. The molecule has 0 unspecified atom stereocenters. The highest BCUT2D eigenvalue weighted by molar-refractivity contribution is 5.92. The molecule has 0 saturated heterocycles. The van der Waals surface area contributed by atoms with E-state index in [1.54, 1.807) is 0 Å². The van der Waals surface area contributed by atoms with Crippen LogP contribution in [0, 0.1) is 12.7 Å². The highest BCUT2D eigenvalue weighted by atomic mass is 19.1. The van der Waals surface area contributed by atoms with Gasteiger partial charge in [0.25, 0.3) is 5.88 Å². The lowest BCUT2D eigenvalue weighted by atomic mass is 10.2. The van der Waals surface area contributed by atoms with Crippen molar-refractivity contribution in [1.29, 1.82) is 0 Å². The third-order valence-corrected chi connectivity index (χ3v) is 2.56. The van der Waals surface area contributed by atoms with Crippen LogP contribution in [0.2, 0.25) is 0 Å². The number of para-hydroxylation sites is 1. The van der Waals surface area contributed by atoms with Gasteiger partial charge in [-0.15, -0.1) is 0 Å². The summed E-state index contributed by atoms with van der Waals surface area (Å²) in [5.74, 6) is -2.27. The van der Waals surface area contributed by atoms with Gasteiger partial charge in [0.15, 0.2) is 11.5 Å². The summed E-state index contributed by atoms with van der Waals surface area (Å²) >= 11 is 0. The van der Waals surface area contributed by atoms with Gasteiger partial charge in [0.05, 0.1) is 12.8 Å². The number of rotatable bonds is 4. The van der Waals surface area contributed by atoms with Gasteiger partial charge in [0, 0.05) is 0 Å². The molecular weight excluding hydrogens is 267 g/mol. The van der Waals surface area contributed by atoms with Crippen LogP contribution >= 0.6 is 0 Å². The SMILES string of the molecule is COc1cccc(C(=O)O)c1Oc1ncnc(C)c1F. The van der Waals surface area contributed by atoms with Gasteiger partial charge >= 0.3 is 5.97 Å². The van der Waals surface area contributed by atoms with Crippen molar-refractivity contribution in [3.05, 3.63) is 41.6 Å². The molecule has 0 spiro atoms. The monoisotopic (exact) mass is 278 g/mol. The smallest absolute Gasteiger partial charge is 0.339 e. The average Bonchev–Trinajstić information content (AvgIpc) is 2.43. The third kappa shape index (κ3) is 2.51. The minimum Gasteiger partial charge on any atom is -0.493 e. The van der Waals surface area contributed by atoms with Crippen LogP contribution in [0.15, 0.2) is 24.5 Å². The fourth-order valence-corrected chi connectivity index (χ4v) is 1.55. The van der Waals surface area contributed by atoms with Gasteiger partial charge in [-0.2, -0.15) is 9.37 Å². The lowest BCUT2D eigenvalue weighted by Crippen LogP contribution is -2.04. The molecule has 0 aliphatic heterocycles. The van der Waals surface area contributed by atoms with Gasteiger partial charge in [-0.25, -0.2) is 9.78 Å². The van der Waals surface area contributed by atoms with Gasteiger partial charge in [-0.3, -0.25) is 0 Å². The summed E-state index contributed by atoms with van der Waals surface area (Å²) in [6, 6.07) is 4.33. The summed E-state index contributed by atoms with van der Waals surface area (Å²) in [5.41, 5.74) is -0.0539. The molecule has 0 radical (unpaired) electrons. The minimum absolute atomic E-state index is 0.0989. The Morgan fingerprint density at radius 1 is 1.35 bits per heavy atom. The molecule has 1 aromatic carbocycles. The number of ether oxygens (including phenoxy) is 2. The summed E-state index contributed by atoms with van der Waals surface area (Å²) in [7, 11) is 1.36. The number of hydrogen-bond acceptors (Lipinski definition) is 5. The molecule has 7 heteroatoms. The van der Waals surface area contributed by atoms with Gasteiger partial charge in [0.1, 0.15) is 11.9 Å². The van der Waals surface area contributed by atoms with Crippen molar-refractivity contribution in [1.82, 2.24) is 9.97 Å². The number of carbonyl (C=O) groups is 1. The Labute approximate surface area is 113 Å². The number of nitrogens with zero attached hydrogens (tertiary/aromatic N) is 2. The van der Waals surface area contributed by atoms with Crippen LogP contribution in [-0.4, -0.2) is 28.2 Å². The van der Waals surface area contributed by atoms with Crippen molar-refractivity contribution in [3.8, 4) is 17.4 Å². The molecule has 0 atom stereocenters. The molecule has 20 heavy (non-hydrogen) atoms. The first-order chi connectivity index (χ1) is 9.54. The van der Waals surface area contributed by atoms with Gasteiger partial charge in [-0.1, -0.05) is 6.07 Å². The van der Waals surface area contributed by atoms with Crippen LogP contribution in [-0.2, 0) is 0 Å². The van der Waals surface area contributed by atoms with Gasteiger partial charge in [0.2, 0.25) is 5.82 Å². The first-order valence-electron chi connectivity index (χ1n) is 5.59. The number of carboxylic acids is 1. The van der Waals surface area contributed by atoms with E-state index in [1.807, 2.05) is 0 Å². The Balaban J connectivity index is 2.52. The summed E-state index contributed by atoms with van der Waals surface area (Å²) in [4.78, 5) is 18.5. The second kappa shape index (κ2) is 5.52. The second-order valence-corrected chi connectivity index (χ2v) is 3.82. The lowest BCUT2D eigenvalue weighted by Gasteiger charge is -2.12. The summed E-state index contributed by atoms with van der Waals surface area (Å²) in [6.45, 7) is 1.45. The average molecular weight is 278 g/mol. The molecular formula is C13H11FN2O4. The number of halogens is 1. The zero-order valence-corrected chi connectivity index (χ0v) is 10.8. The van der Waals surface area contributed by atoms with E-state index in [1.165, 1.54) is 32.2 Å². The Bertz CT molecular complexity index is 661. The summed E-state index contributed by atoms with van der Waals surface area (Å²) in [5, 5.41) is 9.13. The van der Waals surface area contributed by atoms with E-state index in [-0.39, 0.29) is 28.6 Å². The van der Waals surface area contributed by atoms with Crippen molar-refractivity contribution in [2.45, 2.75) is 6.92 Å². The largest absolute Gasteiger partial charge is 0.493 e. The number of aromatic nitrogens is 2. The molecule has 0 aliphatic rings. The van der Waals surface area contributed by atoms with Crippen molar-refractivity contribution < 1.29 is 23.8 Å². The van der Waals surface area contributed by atoms with E-state index in [2.05, 4.69) is 9.97 Å². The maximum atomic E-state index is 13.8. The van der Waals surface area contributed by atoms with Crippen molar-refractivity contribution in [2.75, 3.05) is 7.11 Å². The van der Waals surface area contributed by atoms with E-state index in [0.717, 1.165) is 6.33 Å². The van der Waals surface area contributed by atoms with Crippen molar-refractivity contribution in [3.63, 3.8) is 0 Å². The number of carboxylic acid groups (broad SMARTS) is 1. The van der Waals surface area contributed by atoms with Crippen molar-refractivity contribution >= 4 is 5.97 Å². The zero-order chi connectivity index (χ0) is 14.7. The predicted molar refractivity (Wildman–Crippen MR) is 66.8 cm³/mol. The maximum Gasteiger partial charge on any atom is 0.339 e. The van der Waals surface area contributed by atoms with Crippen LogP contribution < -0.4 is 9.47 Å². The van der Waals surface area contributed by atoms with Crippen LogP contribution in [0.5, 0.6) is 17.4 Å². The summed E-state index contributed by atoms with van der Waals surface area (Å²) in [6.07, 6.45) is 1.13. The number of aromatic carboxylic acids is 1. The zero-order valence-electron chi connectivity index (χ0n) is 10.8. The molecule has 0 amide bonds. The number of methoxy groups -OCH3 is 1. The summed E-state index contributed by atoms with van der Waals surface area (Å²) < 4.78 is 24.1. The predicted octanol–water partition coefficient (Wildman–Crippen LogP) is 2.42. The molecule has 1 heterocycles. The molecule has 6 nitrogen and oxygen atoms in total. The lowest BCUT2D eigenvalue weighted by molar-refractivity contribution is 0.0693. The molecule has 1 N–H and O–H groups in total. The number of hydrogen-bond donors (Lipinski definition) is 1. The standard InChI is InChI=1S/C13H11FN2O4/c1-7-10(14)12(16-6-15-7)20-11-8(13(17)18)4-3-5-9(11)19-2/h3-6H,1-2H3,(H,17,18). The number of aryl methyl sites for hydroxylation is 1. The fourth-order valence-electron chi connectivity index (χ4n) is 1.55. The Kier molecular flexibility index (Phi) is 3.79. The van der Waals surface area contributed by atoms with E-state index >= 15 is 0 Å². The Hall–Kier alpha value is -2.70. The Morgan fingerprint density at radius 2 is 2.10 bits per heavy atom. The highest BCUT2D eigenvalue weighted by Crippen LogP contribution is 2.35. The normalized spacial score (nSPS) is 10.2. The van der Waals surface area contributed by atoms with Crippen molar-refractivity contribution in [2.24, 2.45) is 0 Å². The molecule has 0 aliphatic carbocycles. The minimum atomic E-state index is -1.22. The molecule has 0 fully saturated rings. The highest BCUT2D eigenvalue weighted by Gasteiger charge is 2.20. The van der Waals surface area contributed by atoms with E-state index in [4.69, 9.17) is 14.6 Å². The van der Waals surface area contributed by atoms with Crippen LogP contribution in [0.3, 0.4) is 0 Å². The van der Waals surface area contributed by atoms with E-state index < -0.39 is 11.8 Å². The van der Waals surface area contributed by atoms with E-state index in [9.17, 15) is 9.18 Å². The van der Waals surface area contributed by atoms with Crippen LogP contribution in [0.4, 0.5) is 4.39 Å².